The molecule has 0 bridgehead atoms. The molecule has 0 fully saturated rings. The van der Waals surface area contributed by atoms with Crippen LogP contribution in [0.4, 0.5) is 5.95 Å². The average molecular weight is 236 g/mol. The van der Waals surface area contributed by atoms with E-state index in [1.54, 1.807) is 7.11 Å². The first-order valence-electron chi connectivity index (χ1n) is 6.23. The normalized spacial score (nSPS) is 14.9. The number of hydrogen-bond acceptors (Lipinski definition) is 5. The first-order chi connectivity index (χ1) is 8.35. The summed E-state index contributed by atoms with van der Waals surface area (Å²) in [5, 5.41) is 3.11. The Morgan fingerprint density at radius 2 is 2.06 bits per heavy atom. The summed E-state index contributed by atoms with van der Waals surface area (Å²) in [5.74, 6) is 1.35. The van der Waals surface area contributed by atoms with Crippen molar-refractivity contribution < 1.29 is 4.74 Å². The van der Waals surface area contributed by atoms with Crippen LogP contribution in [0.3, 0.4) is 0 Å². The third kappa shape index (κ3) is 2.85. The van der Waals surface area contributed by atoms with Gasteiger partial charge in [0.1, 0.15) is 0 Å². The maximum absolute atomic E-state index is 5.46. The number of nitrogens with one attached hydrogen (secondary N) is 1. The second-order valence-corrected chi connectivity index (χ2v) is 4.26. The molecular formula is C12H20N4O. The van der Waals surface area contributed by atoms with Gasteiger partial charge in [0.2, 0.25) is 11.8 Å². The van der Waals surface area contributed by atoms with Gasteiger partial charge in [-0.15, -0.1) is 0 Å². The Bertz CT molecular complexity index is 381. The van der Waals surface area contributed by atoms with Crippen LogP contribution in [0.15, 0.2) is 0 Å². The van der Waals surface area contributed by atoms with Gasteiger partial charge in [0.05, 0.1) is 12.8 Å². The zero-order valence-electron chi connectivity index (χ0n) is 10.3. The molecule has 0 atom stereocenters. The monoisotopic (exact) mass is 236 g/mol. The van der Waals surface area contributed by atoms with E-state index in [0.717, 1.165) is 24.4 Å². The Hall–Kier alpha value is -1.36. The summed E-state index contributed by atoms with van der Waals surface area (Å²) in [7, 11) is 1.67. The minimum Gasteiger partial charge on any atom is -0.481 e. The first-order valence-corrected chi connectivity index (χ1v) is 6.23. The molecule has 1 aromatic rings. The summed E-state index contributed by atoms with van der Waals surface area (Å²) < 4.78 is 5.37. The van der Waals surface area contributed by atoms with Gasteiger partial charge in [0.25, 0.3) is 0 Å². The summed E-state index contributed by atoms with van der Waals surface area (Å²) >= 11 is 0. The maximum Gasteiger partial charge on any atom is 0.226 e. The van der Waals surface area contributed by atoms with Gasteiger partial charge < -0.3 is 15.8 Å². The van der Waals surface area contributed by atoms with Crippen LogP contribution >= 0.6 is 0 Å². The van der Waals surface area contributed by atoms with Crippen molar-refractivity contribution in [2.75, 3.05) is 25.5 Å². The van der Waals surface area contributed by atoms with Crippen molar-refractivity contribution in [1.82, 2.24) is 9.97 Å². The lowest BCUT2D eigenvalue weighted by molar-refractivity contribution is 0.391. The summed E-state index contributed by atoms with van der Waals surface area (Å²) in [4.78, 5) is 8.95. The number of methoxy groups -OCH3 is 1. The van der Waals surface area contributed by atoms with Crippen molar-refractivity contribution in [2.45, 2.75) is 32.1 Å². The molecular weight excluding hydrogens is 216 g/mol. The summed E-state index contributed by atoms with van der Waals surface area (Å²) in [6.07, 6.45) is 5.69. The van der Waals surface area contributed by atoms with E-state index >= 15 is 0 Å². The minimum absolute atomic E-state index is 0.572. The molecule has 94 valence electrons. The van der Waals surface area contributed by atoms with E-state index in [2.05, 4.69) is 15.3 Å². The topological polar surface area (TPSA) is 73.1 Å². The quantitative estimate of drug-likeness (QED) is 0.766. The molecule has 1 aliphatic rings. The van der Waals surface area contributed by atoms with Gasteiger partial charge in [-0.3, -0.25) is 0 Å². The van der Waals surface area contributed by atoms with Crippen molar-refractivity contribution in [3.63, 3.8) is 0 Å². The van der Waals surface area contributed by atoms with Gasteiger partial charge in [-0.1, -0.05) is 6.42 Å². The molecule has 0 aliphatic heterocycles. The first kappa shape index (κ1) is 12.1. The maximum atomic E-state index is 5.46. The molecule has 0 saturated heterocycles. The smallest absolute Gasteiger partial charge is 0.226 e. The fourth-order valence-electron chi connectivity index (χ4n) is 2.17. The van der Waals surface area contributed by atoms with Crippen LogP contribution in [0.25, 0.3) is 0 Å². The Kier molecular flexibility index (Phi) is 4.14. The minimum atomic E-state index is 0.572. The van der Waals surface area contributed by atoms with Crippen LogP contribution in [0.5, 0.6) is 5.88 Å². The second-order valence-electron chi connectivity index (χ2n) is 4.26. The predicted molar refractivity (Wildman–Crippen MR) is 67.4 cm³/mol. The molecule has 1 heterocycles. The van der Waals surface area contributed by atoms with Crippen molar-refractivity contribution >= 4 is 5.95 Å². The van der Waals surface area contributed by atoms with E-state index in [-0.39, 0.29) is 0 Å². The molecule has 0 amide bonds. The molecule has 3 N–H and O–H groups in total. The van der Waals surface area contributed by atoms with Gasteiger partial charge in [0.15, 0.2) is 0 Å². The van der Waals surface area contributed by atoms with Crippen molar-refractivity contribution in [3.05, 3.63) is 11.3 Å². The van der Waals surface area contributed by atoms with Crippen molar-refractivity contribution in [3.8, 4) is 5.88 Å². The second kappa shape index (κ2) is 5.82. The Balaban J connectivity index is 2.29. The van der Waals surface area contributed by atoms with E-state index in [1.165, 1.54) is 24.8 Å². The molecule has 5 heteroatoms. The third-order valence-corrected chi connectivity index (χ3v) is 3.02. The Labute approximate surface area is 102 Å². The van der Waals surface area contributed by atoms with Gasteiger partial charge in [-0.25, -0.2) is 4.98 Å². The Morgan fingerprint density at radius 3 is 2.82 bits per heavy atom. The number of aromatic nitrogens is 2. The number of ether oxygens (including phenoxy) is 1. The number of nitrogens with two attached hydrogens (primary N) is 1. The highest BCUT2D eigenvalue weighted by atomic mass is 16.5. The zero-order valence-corrected chi connectivity index (χ0v) is 10.3. The number of nitrogens with zero attached hydrogens (tertiary/aromatic N) is 2. The van der Waals surface area contributed by atoms with Crippen molar-refractivity contribution in [2.24, 2.45) is 5.73 Å². The van der Waals surface area contributed by atoms with Crippen LogP contribution in [-0.2, 0) is 12.8 Å². The predicted octanol–water partition coefficient (Wildman–Crippen LogP) is 1.12. The number of hydrogen-bond donors (Lipinski definition) is 2. The van der Waals surface area contributed by atoms with E-state index in [4.69, 9.17) is 10.5 Å². The zero-order chi connectivity index (χ0) is 12.1. The van der Waals surface area contributed by atoms with Crippen LogP contribution in [0.1, 0.15) is 30.5 Å². The highest BCUT2D eigenvalue weighted by molar-refractivity contribution is 5.39. The van der Waals surface area contributed by atoms with E-state index in [9.17, 15) is 0 Å². The van der Waals surface area contributed by atoms with Crippen LogP contribution in [0.2, 0.25) is 0 Å². The van der Waals surface area contributed by atoms with Gasteiger partial charge in [-0.05, 0) is 25.7 Å². The summed E-state index contributed by atoms with van der Waals surface area (Å²) in [5.41, 5.74) is 7.78. The molecule has 1 aliphatic carbocycles. The molecule has 2 rings (SSSR count). The third-order valence-electron chi connectivity index (χ3n) is 3.02. The number of rotatable bonds is 4. The molecule has 0 aromatic carbocycles. The molecule has 0 saturated carbocycles. The molecule has 0 radical (unpaired) electrons. The van der Waals surface area contributed by atoms with E-state index in [1.807, 2.05) is 0 Å². The molecule has 17 heavy (non-hydrogen) atoms. The molecule has 1 aromatic heterocycles. The fourth-order valence-corrected chi connectivity index (χ4v) is 2.17. The molecule has 5 nitrogen and oxygen atoms in total. The number of aryl methyl sites for hydroxylation is 1. The highest BCUT2D eigenvalue weighted by Crippen LogP contribution is 2.27. The van der Waals surface area contributed by atoms with Gasteiger partial charge in [-0.2, -0.15) is 4.98 Å². The lowest BCUT2D eigenvalue weighted by Crippen LogP contribution is -2.16. The Morgan fingerprint density at radius 1 is 1.24 bits per heavy atom. The SMILES string of the molecule is COc1nc(NCCN)nc2c1CCCCC2. The van der Waals surface area contributed by atoms with E-state index < -0.39 is 0 Å². The van der Waals surface area contributed by atoms with Gasteiger partial charge in [0, 0.05) is 18.7 Å². The highest BCUT2D eigenvalue weighted by Gasteiger charge is 2.16. The van der Waals surface area contributed by atoms with Crippen molar-refractivity contribution in [1.29, 1.82) is 0 Å². The van der Waals surface area contributed by atoms with Crippen LogP contribution in [0, 0.1) is 0 Å². The van der Waals surface area contributed by atoms with Gasteiger partial charge >= 0.3 is 0 Å². The van der Waals surface area contributed by atoms with Crippen LogP contribution in [-0.4, -0.2) is 30.2 Å². The average Bonchev–Trinajstić information content (AvgIpc) is 2.60. The molecule has 0 spiro atoms. The largest absolute Gasteiger partial charge is 0.481 e. The van der Waals surface area contributed by atoms with E-state index in [0.29, 0.717) is 19.0 Å². The fraction of sp³-hybridized carbons (Fsp3) is 0.667. The standard InChI is InChI=1S/C12H20N4O/c1-17-11-9-5-3-2-4-6-10(9)15-12(16-11)14-8-7-13/h2-8,13H2,1H3,(H,14,15,16). The number of anilines is 1. The lowest BCUT2D eigenvalue weighted by Gasteiger charge is -2.12. The lowest BCUT2D eigenvalue weighted by atomic mass is 10.1. The van der Waals surface area contributed by atoms with Crippen LogP contribution < -0.4 is 15.8 Å². The summed E-state index contributed by atoms with van der Waals surface area (Å²) in [6.45, 7) is 1.25. The summed E-state index contributed by atoms with van der Waals surface area (Å²) in [6, 6.07) is 0. The number of fused-ring (bicyclic) bond motifs is 1. The molecule has 0 unspecified atom stereocenters.